The number of pyridine rings is 1. The van der Waals surface area contributed by atoms with Crippen LogP contribution >= 0.6 is 0 Å². The molecule has 172 valence electrons. The van der Waals surface area contributed by atoms with Gasteiger partial charge in [0.1, 0.15) is 0 Å². The zero-order valence-electron chi connectivity index (χ0n) is 19.6. The Morgan fingerprint density at radius 3 is 2.85 bits per heavy atom. The number of fused-ring (bicyclic) bond motifs is 1. The summed E-state index contributed by atoms with van der Waals surface area (Å²) in [5, 5.41) is 4.22. The lowest BCUT2D eigenvalue weighted by atomic mass is 9.91. The van der Waals surface area contributed by atoms with Crippen LogP contribution in [0, 0.1) is 11.8 Å². The predicted molar refractivity (Wildman–Crippen MR) is 134 cm³/mol. The molecule has 0 spiro atoms. The van der Waals surface area contributed by atoms with Crippen molar-refractivity contribution in [2.24, 2.45) is 11.8 Å². The number of rotatable bonds is 9. The molecule has 2 aromatic heterocycles. The SMILES string of the molecule is C=Cc1c[nH]c2ccc(-c3ccc(C(=O)C(C)CCC4CCC(NC(=O)CC)C4)cn3)cc12. The van der Waals surface area contributed by atoms with Crippen LogP contribution in [0.25, 0.3) is 28.2 Å². The van der Waals surface area contributed by atoms with E-state index < -0.39 is 0 Å². The molecule has 3 aromatic rings. The maximum absolute atomic E-state index is 13.0. The Morgan fingerprint density at radius 1 is 1.27 bits per heavy atom. The normalized spacial score (nSPS) is 18.8. The molecule has 1 amide bonds. The number of ketones is 1. The average molecular weight is 444 g/mol. The van der Waals surface area contributed by atoms with E-state index in [4.69, 9.17) is 0 Å². The first-order valence-electron chi connectivity index (χ1n) is 12.0. The van der Waals surface area contributed by atoms with Gasteiger partial charge in [-0.25, -0.2) is 0 Å². The summed E-state index contributed by atoms with van der Waals surface area (Å²) < 4.78 is 0. The molecule has 0 aliphatic heterocycles. The van der Waals surface area contributed by atoms with Crippen molar-refractivity contribution in [3.05, 3.63) is 60.4 Å². The molecular weight excluding hydrogens is 410 g/mol. The smallest absolute Gasteiger partial charge is 0.219 e. The van der Waals surface area contributed by atoms with Gasteiger partial charge in [0.25, 0.3) is 0 Å². The van der Waals surface area contributed by atoms with E-state index in [1.807, 2.05) is 50.4 Å². The second kappa shape index (κ2) is 10.2. The van der Waals surface area contributed by atoms with Gasteiger partial charge in [-0.3, -0.25) is 14.6 Å². The lowest BCUT2D eigenvalue weighted by molar-refractivity contribution is -0.121. The second-order valence-corrected chi connectivity index (χ2v) is 9.28. The maximum Gasteiger partial charge on any atom is 0.219 e. The lowest BCUT2D eigenvalue weighted by Gasteiger charge is -2.15. The molecule has 1 saturated carbocycles. The number of hydrogen-bond donors (Lipinski definition) is 2. The molecule has 0 radical (unpaired) electrons. The van der Waals surface area contributed by atoms with Gasteiger partial charge in [-0.15, -0.1) is 0 Å². The minimum Gasteiger partial charge on any atom is -0.361 e. The number of benzene rings is 1. The average Bonchev–Trinajstić information content (AvgIpc) is 3.47. The summed E-state index contributed by atoms with van der Waals surface area (Å²) in [4.78, 5) is 32.4. The number of amides is 1. The summed E-state index contributed by atoms with van der Waals surface area (Å²) in [7, 11) is 0. The van der Waals surface area contributed by atoms with Gasteiger partial charge in [0, 0.05) is 52.8 Å². The van der Waals surface area contributed by atoms with Crippen LogP contribution in [0.3, 0.4) is 0 Å². The summed E-state index contributed by atoms with van der Waals surface area (Å²) in [6.07, 6.45) is 11.1. The zero-order valence-corrected chi connectivity index (χ0v) is 19.6. The first-order chi connectivity index (χ1) is 16.0. The molecule has 3 atom stereocenters. The molecule has 3 unspecified atom stereocenters. The predicted octanol–water partition coefficient (Wildman–Crippen LogP) is 6.17. The molecule has 2 heterocycles. The Bertz CT molecular complexity index is 1150. The van der Waals surface area contributed by atoms with Crippen LogP contribution in [0.5, 0.6) is 0 Å². The van der Waals surface area contributed by atoms with E-state index >= 15 is 0 Å². The Hall–Kier alpha value is -3.21. The van der Waals surface area contributed by atoms with Gasteiger partial charge in [-0.05, 0) is 67.9 Å². The summed E-state index contributed by atoms with van der Waals surface area (Å²) in [6.45, 7) is 7.77. The number of nitrogens with zero attached hydrogens (tertiary/aromatic N) is 1. The fourth-order valence-electron chi connectivity index (χ4n) is 4.88. The topological polar surface area (TPSA) is 74.8 Å². The first-order valence-corrected chi connectivity index (χ1v) is 12.0. The van der Waals surface area contributed by atoms with Crippen molar-refractivity contribution in [1.82, 2.24) is 15.3 Å². The molecule has 1 aliphatic carbocycles. The summed E-state index contributed by atoms with van der Waals surface area (Å²) >= 11 is 0. The van der Waals surface area contributed by atoms with E-state index in [1.54, 1.807) is 6.20 Å². The Labute approximate surface area is 195 Å². The quantitative estimate of drug-likeness (QED) is 0.389. The third-order valence-corrected chi connectivity index (χ3v) is 6.96. The van der Waals surface area contributed by atoms with Crippen molar-refractivity contribution in [3.63, 3.8) is 0 Å². The van der Waals surface area contributed by atoms with Gasteiger partial charge in [0.15, 0.2) is 5.78 Å². The lowest BCUT2D eigenvalue weighted by Crippen LogP contribution is -2.32. The number of aromatic nitrogens is 2. The number of aromatic amines is 1. The number of nitrogens with one attached hydrogen (secondary N) is 2. The van der Waals surface area contributed by atoms with Crippen molar-refractivity contribution < 1.29 is 9.59 Å². The molecule has 0 saturated heterocycles. The van der Waals surface area contributed by atoms with E-state index in [2.05, 4.69) is 27.9 Å². The van der Waals surface area contributed by atoms with E-state index in [9.17, 15) is 9.59 Å². The molecule has 1 fully saturated rings. The highest BCUT2D eigenvalue weighted by Crippen LogP contribution is 2.31. The number of carbonyl (C=O) groups excluding carboxylic acids is 2. The minimum absolute atomic E-state index is 0.0340. The highest BCUT2D eigenvalue weighted by Gasteiger charge is 2.26. The van der Waals surface area contributed by atoms with Gasteiger partial charge in [-0.2, -0.15) is 0 Å². The van der Waals surface area contributed by atoms with Crippen molar-refractivity contribution in [1.29, 1.82) is 0 Å². The molecule has 0 bridgehead atoms. The summed E-state index contributed by atoms with van der Waals surface area (Å²) in [5.41, 5.74) is 4.66. The van der Waals surface area contributed by atoms with Crippen LogP contribution in [0.4, 0.5) is 0 Å². The van der Waals surface area contributed by atoms with E-state index in [-0.39, 0.29) is 17.6 Å². The zero-order chi connectivity index (χ0) is 23.4. The molecular formula is C28H33N3O2. The van der Waals surface area contributed by atoms with Crippen LogP contribution in [-0.4, -0.2) is 27.7 Å². The van der Waals surface area contributed by atoms with Gasteiger partial charge in [-0.1, -0.05) is 32.6 Å². The fraction of sp³-hybridized carbons (Fsp3) is 0.393. The third-order valence-electron chi connectivity index (χ3n) is 6.96. The van der Waals surface area contributed by atoms with Crippen molar-refractivity contribution in [2.75, 3.05) is 0 Å². The number of hydrogen-bond acceptors (Lipinski definition) is 3. The minimum atomic E-state index is -0.0340. The molecule has 4 rings (SSSR count). The monoisotopic (exact) mass is 443 g/mol. The van der Waals surface area contributed by atoms with Gasteiger partial charge < -0.3 is 10.3 Å². The molecule has 33 heavy (non-hydrogen) atoms. The van der Waals surface area contributed by atoms with Crippen molar-refractivity contribution >= 4 is 28.7 Å². The number of H-pyrrole nitrogens is 1. The fourth-order valence-corrected chi connectivity index (χ4v) is 4.88. The van der Waals surface area contributed by atoms with Crippen LogP contribution in [0.2, 0.25) is 0 Å². The van der Waals surface area contributed by atoms with E-state index in [0.29, 0.717) is 23.9 Å². The summed E-state index contributed by atoms with van der Waals surface area (Å²) in [5.74, 6) is 0.840. The highest BCUT2D eigenvalue weighted by atomic mass is 16.1. The highest BCUT2D eigenvalue weighted by molar-refractivity contribution is 5.97. The standard InChI is InChI=1S/C28H33N3O2/c1-4-20-16-30-26-13-9-21(15-24(20)26)25-12-10-22(17-29-25)28(33)18(3)6-7-19-8-11-23(14-19)31-27(32)5-2/h4,9-10,12-13,15-19,23,30H,1,5-8,11,14H2,2-3H3,(H,31,32). The van der Waals surface area contributed by atoms with Gasteiger partial charge in [0.05, 0.1) is 5.69 Å². The molecule has 1 aliphatic rings. The Kier molecular flexibility index (Phi) is 7.07. The van der Waals surface area contributed by atoms with E-state index in [0.717, 1.165) is 59.8 Å². The van der Waals surface area contributed by atoms with Crippen LogP contribution in [0.15, 0.2) is 49.3 Å². The Morgan fingerprint density at radius 2 is 2.12 bits per heavy atom. The third kappa shape index (κ3) is 5.24. The second-order valence-electron chi connectivity index (χ2n) is 9.28. The van der Waals surface area contributed by atoms with Crippen molar-refractivity contribution in [2.45, 2.75) is 58.4 Å². The first kappa shape index (κ1) is 23.0. The number of Topliss-reactive ketones (excluding diaryl/α,β-unsaturated/α-hetero) is 1. The Balaban J connectivity index is 1.34. The van der Waals surface area contributed by atoms with Crippen molar-refractivity contribution in [3.8, 4) is 11.3 Å². The molecule has 1 aromatic carbocycles. The molecule has 5 heteroatoms. The van der Waals surface area contributed by atoms with Crippen LogP contribution in [0.1, 0.15) is 68.3 Å². The van der Waals surface area contributed by atoms with E-state index in [1.165, 1.54) is 0 Å². The largest absolute Gasteiger partial charge is 0.361 e. The number of carbonyl (C=O) groups is 2. The maximum atomic E-state index is 13.0. The van der Waals surface area contributed by atoms with Crippen LogP contribution in [-0.2, 0) is 4.79 Å². The summed E-state index contributed by atoms with van der Waals surface area (Å²) in [6, 6.07) is 10.3. The van der Waals surface area contributed by atoms with Crippen LogP contribution < -0.4 is 5.32 Å². The van der Waals surface area contributed by atoms with Gasteiger partial charge in [0.2, 0.25) is 5.91 Å². The van der Waals surface area contributed by atoms with Gasteiger partial charge >= 0.3 is 0 Å². The molecule has 5 nitrogen and oxygen atoms in total. The molecule has 2 N–H and O–H groups in total.